The average Bonchev–Trinajstić information content (AvgIpc) is 3.25. The summed E-state index contributed by atoms with van der Waals surface area (Å²) < 4.78 is 15.0. The summed E-state index contributed by atoms with van der Waals surface area (Å²) >= 11 is 1.40. The lowest BCUT2D eigenvalue weighted by Crippen LogP contribution is -2.34. The highest BCUT2D eigenvalue weighted by Crippen LogP contribution is 2.35. The second-order valence-electron chi connectivity index (χ2n) is 6.49. The van der Waals surface area contributed by atoms with Gasteiger partial charge in [0.25, 0.3) is 5.56 Å². The van der Waals surface area contributed by atoms with Crippen LogP contribution in [0.4, 0.5) is 4.39 Å². The van der Waals surface area contributed by atoms with Gasteiger partial charge in [0.1, 0.15) is 17.2 Å². The van der Waals surface area contributed by atoms with Crippen LogP contribution < -0.4 is 5.56 Å². The highest BCUT2D eigenvalue weighted by molar-refractivity contribution is 7.19. The molecule has 1 aliphatic rings. The van der Waals surface area contributed by atoms with Gasteiger partial charge in [0.2, 0.25) is 5.91 Å². The van der Waals surface area contributed by atoms with E-state index in [2.05, 4.69) is 4.98 Å². The predicted molar refractivity (Wildman–Crippen MR) is 99.8 cm³/mol. The summed E-state index contributed by atoms with van der Waals surface area (Å²) in [7, 11) is 0. The molecule has 2 aromatic heterocycles. The molecule has 1 aliphatic heterocycles. The molecule has 26 heavy (non-hydrogen) atoms. The molecule has 4 rings (SSSR count). The van der Waals surface area contributed by atoms with Gasteiger partial charge in [0, 0.05) is 23.5 Å². The number of fused-ring (bicyclic) bond motifs is 1. The van der Waals surface area contributed by atoms with Gasteiger partial charge in [-0.2, -0.15) is 0 Å². The van der Waals surface area contributed by atoms with E-state index in [-0.39, 0.29) is 23.8 Å². The smallest absolute Gasteiger partial charge is 0.263 e. The summed E-state index contributed by atoms with van der Waals surface area (Å²) in [4.78, 5) is 33.1. The monoisotopic (exact) mass is 371 g/mol. The number of nitrogens with zero attached hydrogens (tertiary/aromatic N) is 3. The fraction of sp³-hybridized carbons (Fsp3) is 0.316. The zero-order chi connectivity index (χ0) is 18.3. The quantitative estimate of drug-likeness (QED) is 0.710. The van der Waals surface area contributed by atoms with Crippen LogP contribution in [0, 0.1) is 12.7 Å². The van der Waals surface area contributed by atoms with Gasteiger partial charge in [-0.15, -0.1) is 11.3 Å². The number of carbonyl (C=O) groups is 1. The van der Waals surface area contributed by atoms with Gasteiger partial charge in [0.05, 0.1) is 11.7 Å². The number of thiophene rings is 1. The standard InChI is InChI=1S/C19H18FN3O2S/c1-12-16(13-5-4-6-14(20)9-13)17-18(26-12)21-11-23(19(17)25)10-15(24)22-7-2-3-8-22/h4-6,9,11H,2-3,7-8,10H2,1H3. The highest BCUT2D eigenvalue weighted by atomic mass is 32.1. The van der Waals surface area contributed by atoms with Crippen molar-refractivity contribution in [2.24, 2.45) is 0 Å². The van der Waals surface area contributed by atoms with Crippen molar-refractivity contribution in [1.82, 2.24) is 14.5 Å². The Morgan fingerprint density at radius 1 is 1.31 bits per heavy atom. The van der Waals surface area contributed by atoms with Crippen LogP contribution in [0.25, 0.3) is 21.3 Å². The molecule has 1 amide bonds. The Morgan fingerprint density at radius 3 is 2.81 bits per heavy atom. The van der Waals surface area contributed by atoms with Crippen LogP contribution in [0.5, 0.6) is 0 Å². The number of hydrogen-bond acceptors (Lipinski definition) is 4. The van der Waals surface area contributed by atoms with Gasteiger partial charge in [-0.25, -0.2) is 9.37 Å². The van der Waals surface area contributed by atoms with Crippen molar-refractivity contribution in [3.8, 4) is 11.1 Å². The van der Waals surface area contributed by atoms with E-state index in [0.717, 1.165) is 30.8 Å². The molecule has 0 atom stereocenters. The van der Waals surface area contributed by atoms with Crippen molar-refractivity contribution in [3.05, 3.63) is 51.6 Å². The molecule has 3 heterocycles. The highest BCUT2D eigenvalue weighted by Gasteiger charge is 2.21. The fourth-order valence-corrected chi connectivity index (χ4v) is 4.46. The number of aryl methyl sites for hydroxylation is 1. The number of carbonyl (C=O) groups excluding carboxylic acids is 1. The minimum Gasteiger partial charge on any atom is -0.341 e. The number of amides is 1. The first-order chi connectivity index (χ1) is 12.5. The molecule has 1 aromatic carbocycles. The number of halogens is 1. The maximum atomic E-state index is 13.7. The fourth-order valence-electron chi connectivity index (χ4n) is 3.45. The third kappa shape index (κ3) is 2.92. The van der Waals surface area contributed by atoms with E-state index >= 15 is 0 Å². The van der Waals surface area contributed by atoms with E-state index < -0.39 is 0 Å². The largest absolute Gasteiger partial charge is 0.341 e. The first kappa shape index (κ1) is 16.9. The SMILES string of the molecule is Cc1sc2ncn(CC(=O)N3CCCC3)c(=O)c2c1-c1cccc(F)c1. The number of aromatic nitrogens is 2. The summed E-state index contributed by atoms with van der Waals surface area (Å²) in [5.74, 6) is -0.417. The number of benzene rings is 1. The summed E-state index contributed by atoms with van der Waals surface area (Å²) in [6.07, 6.45) is 3.45. The van der Waals surface area contributed by atoms with E-state index in [9.17, 15) is 14.0 Å². The molecule has 3 aromatic rings. The lowest BCUT2D eigenvalue weighted by molar-refractivity contribution is -0.130. The predicted octanol–water partition coefficient (Wildman–Crippen LogP) is 3.19. The van der Waals surface area contributed by atoms with Crippen LogP contribution in [0.15, 0.2) is 35.4 Å². The molecule has 0 radical (unpaired) electrons. The third-order valence-corrected chi connectivity index (χ3v) is 5.75. The Hall–Kier alpha value is -2.54. The number of rotatable bonds is 3. The van der Waals surface area contributed by atoms with Crippen LogP contribution >= 0.6 is 11.3 Å². The number of hydrogen-bond donors (Lipinski definition) is 0. The average molecular weight is 371 g/mol. The Balaban J connectivity index is 1.80. The number of likely N-dealkylation sites (tertiary alicyclic amines) is 1. The topological polar surface area (TPSA) is 55.2 Å². The maximum Gasteiger partial charge on any atom is 0.263 e. The first-order valence-electron chi connectivity index (χ1n) is 8.57. The molecule has 0 spiro atoms. The minimum absolute atomic E-state index is 0.0146. The maximum absolute atomic E-state index is 13.7. The van der Waals surface area contributed by atoms with Gasteiger partial charge < -0.3 is 4.90 Å². The van der Waals surface area contributed by atoms with Crippen LogP contribution in [-0.4, -0.2) is 33.4 Å². The van der Waals surface area contributed by atoms with Gasteiger partial charge in [-0.3, -0.25) is 14.2 Å². The Labute approximate surface area is 153 Å². The molecular weight excluding hydrogens is 353 g/mol. The van der Waals surface area contributed by atoms with Crippen molar-refractivity contribution in [2.75, 3.05) is 13.1 Å². The molecule has 7 heteroatoms. The Kier molecular flexibility index (Phi) is 4.32. The lowest BCUT2D eigenvalue weighted by atomic mass is 10.0. The third-order valence-electron chi connectivity index (χ3n) is 4.73. The molecule has 5 nitrogen and oxygen atoms in total. The molecule has 0 aliphatic carbocycles. The second-order valence-corrected chi connectivity index (χ2v) is 7.69. The van der Waals surface area contributed by atoms with E-state index in [0.29, 0.717) is 21.3 Å². The van der Waals surface area contributed by atoms with Crippen molar-refractivity contribution < 1.29 is 9.18 Å². The molecule has 134 valence electrons. The van der Waals surface area contributed by atoms with Crippen LogP contribution in [0.2, 0.25) is 0 Å². The van der Waals surface area contributed by atoms with Crippen molar-refractivity contribution in [1.29, 1.82) is 0 Å². The first-order valence-corrected chi connectivity index (χ1v) is 9.38. The molecule has 0 N–H and O–H groups in total. The zero-order valence-corrected chi connectivity index (χ0v) is 15.2. The van der Waals surface area contributed by atoms with E-state index in [1.807, 2.05) is 6.92 Å². The molecule has 0 unspecified atom stereocenters. The van der Waals surface area contributed by atoms with Crippen LogP contribution in [0.1, 0.15) is 17.7 Å². The van der Waals surface area contributed by atoms with Gasteiger partial charge in [0.15, 0.2) is 0 Å². The van der Waals surface area contributed by atoms with E-state index in [1.165, 1.54) is 34.4 Å². The van der Waals surface area contributed by atoms with Gasteiger partial charge in [-0.1, -0.05) is 12.1 Å². The molecule has 0 saturated carbocycles. The normalized spacial score (nSPS) is 14.3. The minimum atomic E-state index is -0.352. The van der Waals surface area contributed by atoms with Gasteiger partial charge >= 0.3 is 0 Å². The van der Waals surface area contributed by atoms with Crippen molar-refractivity contribution >= 4 is 27.5 Å². The van der Waals surface area contributed by atoms with Gasteiger partial charge in [-0.05, 0) is 37.5 Å². The molecule has 1 fully saturated rings. The van der Waals surface area contributed by atoms with Crippen LogP contribution in [-0.2, 0) is 11.3 Å². The van der Waals surface area contributed by atoms with Crippen molar-refractivity contribution in [2.45, 2.75) is 26.3 Å². The van der Waals surface area contributed by atoms with E-state index in [1.54, 1.807) is 17.0 Å². The molecular formula is C19H18FN3O2S. The molecule has 1 saturated heterocycles. The lowest BCUT2D eigenvalue weighted by Gasteiger charge is -2.15. The Morgan fingerprint density at radius 2 is 2.08 bits per heavy atom. The zero-order valence-electron chi connectivity index (χ0n) is 14.4. The van der Waals surface area contributed by atoms with Crippen molar-refractivity contribution in [3.63, 3.8) is 0 Å². The van der Waals surface area contributed by atoms with Crippen LogP contribution in [0.3, 0.4) is 0 Å². The Bertz CT molecular complexity index is 1050. The summed E-state index contributed by atoms with van der Waals surface area (Å²) in [5.41, 5.74) is 1.09. The summed E-state index contributed by atoms with van der Waals surface area (Å²) in [5, 5.41) is 0.454. The molecule has 0 bridgehead atoms. The second kappa shape index (κ2) is 6.64. The van der Waals surface area contributed by atoms with E-state index in [4.69, 9.17) is 0 Å². The summed E-state index contributed by atoms with van der Waals surface area (Å²) in [6, 6.07) is 6.20. The summed E-state index contributed by atoms with van der Waals surface area (Å²) in [6.45, 7) is 3.37.